The molecular weight excluding hydrogens is 472 g/mol. The van der Waals surface area contributed by atoms with E-state index >= 15 is 0 Å². The molecule has 0 aliphatic carbocycles. The van der Waals surface area contributed by atoms with Gasteiger partial charge in [0.2, 0.25) is 5.91 Å². The predicted octanol–water partition coefficient (Wildman–Crippen LogP) is 6.00. The van der Waals surface area contributed by atoms with Gasteiger partial charge in [0.05, 0.1) is 37.5 Å². The van der Waals surface area contributed by atoms with Crippen molar-refractivity contribution in [2.45, 2.75) is 20.4 Å². The summed E-state index contributed by atoms with van der Waals surface area (Å²) in [5.41, 5.74) is 4.78. The van der Waals surface area contributed by atoms with Crippen LogP contribution in [0.1, 0.15) is 17.5 Å². The average Bonchev–Trinajstić information content (AvgIpc) is 3.51. The van der Waals surface area contributed by atoms with Gasteiger partial charge in [0.25, 0.3) is 0 Å². The normalized spacial score (nSPS) is 11.0. The van der Waals surface area contributed by atoms with E-state index in [-0.39, 0.29) is 5.91 Å². The Morgan fingerprint density at radius 2 is 1.58 bits per heavy atom. The Morgan fingerprint density at radius 1 is 0.944 bits per heavy atom. The third-order valence-electron chi connectivity index (χ3n) is 5.94. The van der Waals surface area contributed by atoms with E-state index < -0.39 is 0 Å². The molecule has 0 saturated carbocycles. The topological polar surface area (TPSA) is 69.0 Å². The lowest BCUT2D eigenvalue weighted by atomic mass is 10.1. The highest BCUT2D eigenvalue weighted by Gasteiger charge is 2.21. The Balaban J connectivity index is 1.55. The number of hydrogen-bond donors (Lipinski definition) is 0. The summed E-state index contributed by atoms with van der Waals surface area (Å²) >= 11 is 1.57. The van der Waals surface area contributed by atoms with Crippen molar-refractivity contribution in [2.24, 2.45) is 0 Å². The van der Waals surface area contributed by atoms with Crippen LogP contribution in [-0.4, -0.2) is 34.5 Å². The van der Waals surface area contributed by atoms with Crippen molar-refractivity contribution in [1.29, 1.82) is 0 Å². The van der Waals surface area contributed by atoms with Crippen molar-refractivity contribution in [3.8, 4) is 33.2 Å². The molecule has 0 aliphatic heterocycles. The minimum Gasteiger partial charge on any atom is -0.497 e. The average molecular weight is 499 g/mol. The Kier molecular flexibility index (Phi) is 6.43. The number of thiazole rings is 1. The van der Waals surface area contributed by atoms with Gasteiger partial charge in [0, 0.05) is 18.7 Å². The second-order valence-corrected chi connectivity index (χ2v) is 9.50. The molecular formula is C28H26N4O3S. The Labute approximate surface area is 213 Å². The number of nitrogens with zero attached hydrogens (tertiary/aromatic N) is 4. The molecule has 0 N–H and O–H groups in total. The number of methoxy groups -OCH3 is 2. The lowest BCUT2D eigenvalue weighted by Crippen LogP contribution is -2.28. The molecule has 0 bridgehead atoms. The molecule has 0 atom stereocenters. The SMILES string of the molecule is COc1ccc(-c2nc(CN(C(C)=O)c3cn4ccc(C)cc4n3)sc2-c2ccc(OC)cc2)cc1. The molecule has 0 unspecified atom stereocenters. The van der Waals surface area contributed by atoms with Crippen LogP contribution in [0.4, 0.5) is 5.82 Å². The fourth-order valence-corrected chi connectivity index (χ4v) is 5.08. The number of ether oxygens (including phenoxy) is 2. The molecule has 36 heavy (non-hydrogen) atoms. The van der Waals surface area contributed by atoms with Crippen LogP contribution < -0.4 is 14.4 Å². The second-order valence-electron chi connectivity index (χ2n) is 8.42. The highest BCUT2D eigenvalue weighted by molar-refractivity contribution is 7.15. The molecule has 3 heterocycles. The van der Waals surface area contributed by atoms with Crippen LogP contribution >= 0.6 is 11.3 Å². The number of benzene rings is 2. The summed E-state index contributed by atoms with van der Waals surface area (Å²) in [6, 6.07) is 19.8. The zero-order valence-electron chi connectivity index (χ0n) is 20.6. The van der Waals surface area contributed by atoms with Gasteiger partial charge in [-0.05, 0) is 78.7 Å². The van der Waals surface area contributed by atoms with Crippen molar-refractivity contribution in [3.63, 3.8) is 0 Å². The summed E-state index contributed by atoms with van der Waals surface area (Å²) in [4.78, 5) is 25.1. The van der Waals surface area contributed by atoms with Crippen molar-refractivity contribution < 1.29 is 14.3 Å². The van der Waals surface area contributed by atoms with E-state index in [4.69, 9.17) is 19.4 Å². The first-order valence-electron chi connectivity index (χ1n) is 11.5. The standard InChI is InChI=1S/C28H26N4O3S/c1-18-13-14-31-16-25(29-24(31)15-18)32(19(2)33)17-26-30-27(20-5-9-22(34-3)10-6-20)28(36-26)21-7-11-23(35-4)12-8-21/h5-16H,17H2,1-4H3. The number of imidazole rings is 1. The third kappa shape index (κ3) is 4.67. The first-order valence-corrected chi connectivity index (χ1v) is 12.3. The molecule has 7 nitrogen and oxygen atoms in total. The number of amides is 1. The number of carbonyl (C=O) groups excluding carboxylic acids is 1. The largest absolute Gasteiger partial charge is 0.497 e. The number of fused-ring (bicyclic) bond motifs is 1. The maximum absolute atomic E-state index is 12.7. The number of anilines is 1. The van der Waals surface area contributed by atoms with E-state index in [0.29, 0.717) is 12.4 Å². The highest BCUT2D eigenvalue weighted by atomic mass is 32.1. The summed E-state index contributed by atoms with van der Waals surface area (Å²) in [7, 11) is 3.30. The van der Waals surface area contributed by atoms with Crippen LogP contribution in [-0.2, 0) is 11.3 Å². The fraction of sp³-hybridized carbons (Fsp3) is 0.179. The maximum atomic E-state index is 12.7. The van der Waals surface area contributed by atoms with Crippen molar-refractivity contribution in [2.75, 3.05) is 19.1 Å². The Morgan fingerprint density at radius 3 is 2.19 bits per heavy atom. The Bertz CT molecular complexity index is 1460. The molecule has 1 amide bonds. The van der Waals surface area contributed by atoms with Crippen LogP contribution in [0.2, 0.25) is 0 Å². The first-order chi connectivity index (χ1) is 17.4. The predicted molar refractivity (Wildman–Crippen MR) is 143 cm³/mol. The van der Waals surface area contributed by atoms with Gasteiger partial charge in [0.15, 0.2) is 5.82 Å². The van der Waals surface area contributed by atoms with E-state index in [1.807, 2.05) is 84.4 Å². The van der Waals surface area contributed by atoms with E-state index in [1.54, 1.807) is 37.4 Å². The lowest BCUT2D eigenvalue weighted by molar-refractivity contribution is -0.116. The molecule has 182 valence electrons. The summed E-state index contributed by atoms with van der Waals surface area (Å²) in [6.07, 6.45) is 3.82. The molecule has 0 spiro atoms. The minimum absolute atomic E-state index is 0.0951. The molecule has 3 aromatic heterocycles. The number of carbonyl (C=O) groups is 1. The molecule has 0 saturated heterocycles. The number of aromatic nitrogens is 3. The van der Waals surface area contributed by atoms with Crippen LogP contribution in [0, 0.1) is 6.92 Å². The molecule has 5 aromatic rings. The monoisotopic (exact) mass is 498 g/mol. The van der Waals surface area contributed by atoms with Gasteiger partial charge < -0.3 is 13.9 Å². The molecule has 0 radical (unpaired) electrons. The molecule has 2 aromatic carbocycles. The molecule has 8 heteroatoms. The second kappa shape index (κ2) is 9.83. The van der Waals surface area contributed by atoms with Gasteiger partial charge in [-0.2, -0.15) is 0 Å². The van der Waals surface area contributed by atoms with Crippen molar-refractivity contribution in [1.82, 2.24) is 14.4 Å². The lowest BCUT2D eigenvalue weighted by Gasteiger charge is -2.16. The zero-order valence-corrected chi connectivity index (χ0v) is 21.4. The highest BCUT2D eigenvalue weighted by Crippen LogP contribution is 2.38. The quantitative estimate of drug-likeness (QED) is 0.275. The maximum Gasteiger partial charge on any atom is 0.225 e. The van der Waals surface area contributed by atoms with Gasteiger partial charge in [-0.1, -0.05) is 0 Å². The third-order valence-corrected chi connectivity index (χ3v) is 7.03. The fourth-order valence-electron chi connectivity index (χ4n) is 4.00. The summed E-state index contributed by atoms with van der Waals surface area (Å²) in [6.45, 7) is 3.90. The van der Waals surface area contributed by atoms with Gasteiger partial charge >= 0.3 is 0 Å². The van der Waals surface area contributed by atoms with Crippen molar-refractivity contribution in [3.05, 3.63) is 83.6 Å². The Hall–Kier alpha value is -4.17. The minimum atomic E-state index is -0.0951. The molecule has 5 rings (SSSR count). The van der Waals surface area contributed by atoms with Crippen LogP contribution in [0.15, 0.2) is 73.1 Å². The molecule has 0 aliphatic rings. The number of aryl methyl sites for hydroxylation is 1. The van der Waals surface area contributed by atoms with E-state index in [1.165, 1.54) is 0 Å². The van der Waals surface area contributed by atoms with Crippen LogP contribution in [0.25, 0.3) is 27.3 Å². The van der Waals surface area contributed by atoms with E-state index in [0.717, 1.165) is 49.4 Å². The summed E-state index contributed by atoms with van der Waals surface area (Å²) in [5.74, 6) is 2.08. The summed E-state index contributed by atoms with van der Waals surface area (Å²) < 4.78 is 12.6. The first kappa shape index (κ1) is 23.6. The molecule has 0 fully saturated rings. The summed E-state index contributed by atoms with van der Waals surface area (Å²) in [5, 5.41) is 0.815. The van der Waals surface area contributed by atoms with Crippen LogP contribution in [0.3, 0.4) is 0 Å². The number of hydrogen-bond acceptors (Lipinski definition) is 6. The van der Waals surface area contributed by atoms with Gasteiger partial charge in [-0.15, -0.1) is 11.3 Å². The van der Waals surface area contributed by atoms with Gasteiger partial charge in [0.1, 0.15) is 22.2 Å². The zero-order chi connectivity index (χ0) is 25.2. The van der Waals surface area contributed by atoms with Gasteiger partial charge in [-0.25, -0.2) is 9.97 Å². The van der Waals surface area contributed by atoms with Crippen molar-refractivity contribution >= 4 is 28.7 Å². The van der Waals surface area contributed by atoms with Crippen LogP contribution in [0.5, 0.6) is 11.5 Å². The smallest absolute Gasteiger partial charge is 0.225 e. The van der Waals surface area contributed by atoms with Gasteiger partial charge in [-0.3, -0.25) is 9.69 Å². The number of rotatable bonds is 7. The van der Waals surface area contributed by atoms with E-state index in [9.17, 15) is 4.79 Å². The number of pyridine rings is 1. The van der Waals surface area contributed by atoms with E-state index in [2.05, 4.69) is 0 Å².